The smallest absolute Gasteiger partial charge is 0.254 e. The number of hydrogen-bond donors (Lipinski definition) is 1. The lowest BCUT2D eigenvalue weighted by molar-refractivity contribution is -0.137. The Labute approximate surface area is 257 Å². The second-order valence-electron chi connectivity index (χ2n) is 10.8. The Morgan fingerprint density at radius 3 is 2.23 bits per heavy atom. The predicted molar refractivity (Wildman–Crippen MR) is 170 cm³/mol. The number of nitrogens with zero attached hydrogens (tertiary/aromatic N) is 5. The first-order valence-corrected chi connectivity index (χ1v) is 14.5. The molecule has 0 saturated heterocycles. The highest BCUT2D eigenvalue weighted by atomic mass is 16.5. The molecule has 2 atom stereocenters. The van der Waals surface area contributed by atoms with E-state index in [9.17, 15) is 4.79 Å². The van der Waals surface area contributed by atoms with Gasteiger partial charge in [-0.15, -0.1) is 0 Å². The van der Waals surface area contributed by atoms with E-state index in [1.807, 2.05) is 91.0 Å². The molecule has 0 unspecified atom stereocenters. The molecule has 1 aliphatic heterocycles. The maximum atomic E-state index is 14.3. The molecular formula is C35H35N5O4. The molecule has 4 aromatic rings. The molecule has 44 heavy (non-hydrogen) atoms. The van der Waals surface area contributed by atoms with E-state index in [4.69, 9.17) is 25.1 Å². The fourth-order valence-corrected chi connectivity index (χ4v) is 5.42. The van der Waals surface area contributed by atoms with Crippen molar-refractivity contribution in [3.63, 3.8) is 0 Å². The van der Waals surface area contributed by atoms with Crippen molar-refractivity contribution >= 4 is 11.8 Å². The number of likely N-dealkylation sites (N-methyl/N-ethyl adjacent to an activating group) is 1. The Hall–Kier alpha value is -5.11. The molecule has 1 heterocycles. The number of benzene rings is 4. The van der Waals surface area contributed by atoms with E-state index < -0.39 is 11.6 Å². The number of aliphatic hydroxyl groups excluding tert-OH is 1. The number of azide groups is 1. The zero-order valence-corrected chi connectivity index (χ0v) is 24.8. The van der Waals surface area contributed by atoms with Crippen LogP contribution in [0.3, 0.4) is 0 Å². The van der Waals surface area contributed by atoms with Crippen molar-refractivity contribution in [2.24, 2.45) is 10.1 Å². The molecule has 1 amide bonds. The lowest BCUT2D eigenvalue weighted by Crippen LogP contribution is -2.49. The van der Waals surface area contributed by atoms with Crippen LogP contribution < -0.4 is 4.74 Å². The maximum Gasteiger partial charge on any atom is 0.254 e. The second-order valence-corrected chi connectivity index (χ2v) is 10.8. The molecule has 0 spiro atoms. The highest BCUT2D eigenvalue weighted by Gasteiger charge is 2.54. The Balaban J connectivity index is 1.59. The van der Waals surface area contributed by atoms with E-state index in [-0.39, 0.29) is 25.5 Å². The zero-order valence-electron chi connectivity index (χ0n) is 24.8. The summed E-state index contributed by atoms with van der Waals surface area (Å²) in [5, 5.41) is 12.8. The van der Waals surface area contributed by atoms with Gasteiger partial charge in [-0.1, -0.05) is 84.0 Å². The summed E-state index contributed by atoms with van der Waals surface area (Å²) in [6, 6.07) is 33.1. The van der Waals surface area contributed by atoms with E-state index >= 15 is 0 Å². The molecule has 0 bridgehead atoms. The Bertz CT molecular complexity index is 1650. The average molecular weight is 590 g/mol. The summed E-state index contributed by atoms with van der Waals surface area (Å²) in [5.74, 6) is 0.815. The molecular weight excluding hydrogens is 554 g/mol. The first kappa shape index (κ1) is 30.4. The number of carbonyl (C=O) groups is 1. The van der Waals surface area contributed by atoms with Gasteiger partial charge in [-0.25, -0.2) is 4.99 Å². The number of ether oxygens (including phenoxy) is 2. The van der Waals surface area contributed by atoms with Gasteiger partial charge in [0.2, 0.25) is 5.90 Å². The monoisotopic (exact) mass is 589 g/mol. The van der Waals surface area contributed by atoms with Gasteiger partial charge in [-0.3, -0.25) is 4.79 Å². The van der Waals surface area contributed by atoms with E-state index in [0.717, 1.165) is 27.8 Å². The van der Waals surface area contributed by atoms with Crippen LogP contribution in [0.15, 0.2) is 113 Å². The van der Waals surface area contributed by atoms with Gasteiger partial charge in [-0.05, 0) is 57.6 Å². The minimum Gasteiger partial charge on any atom is -0.494 e. The minimum absolute atomic E-state index is 0.0599. The molecule has 4 aromatic carbocycles. The molecule has 0 saturated carbocycles. The van der Waals surface area contributed by atoms with Crippen molar-refractivity contribution in [2.75, 3.05) is 27.3 Å². The molecule has 1 N–H and O–H groups in total. The summed E-state index contributed by atoms with van der Waals surface area (Å²) in [7, 11) is 3.44. The summed E-state index contributed by atoms with van der Waals surface area (Å²) >= 11 is 0. The topological polar surface area (TPSA) is 120 Å². The van der Waals surface area contributed by atoms with Crippen molar-refractivity contribution < 1.29 is 19.4 Å². The highest BCUT2D eigenvalue weighted by molar-refractivity contribution is 6.01. The third-order valence-electron chi connectivity index (χ3n) is 7.62. The first-order chi connectivity index (χ1) is 21.4. The number of amides is 1. The van der Waals surface area contributed by atoms with Crippen molar-refractivity contribution in [1.29, 1.82) is 0 Å². The van der Waals surface area contributed by atoms with Crippen LogP contribution in [0.25, 0.3) is 21.6 Å². The lowest BCUT2D eigenvalue weighted by atomic mass is 9.80. The zero-order chi connectivity index (χ0) is 30.9. The minimum atomic E-state index is -1.34. The van der Waals surface area contributed by atoms with Crippen LogP contribution in [0.4, 0.5) is 0 Å². The van der Waals surface area contributed by atoms with Gasteiger partial charge in [0.25, 0.3) is 5.91 Å². The van der Waals surface area contributed by atoms with E-state index in [1.54, 1.807) is 19.0 Å². The summed E-state index contributed by atoms with van der Waals surface area (Å²) in [5.41, 5.74) is 13.0. The van der Waals surface area contributed by atoms with Gasteiger partial charge >= 0.3 is 0 Å². The predicted octanol–water partition coefficient (Wildman–Crippen LogP) is 6.51. The van der Waals surface area contributed by atoms with E-state index in [2.05, 4.69) is 22.2 Å². The summed E-state index contributed by atoms with van der Waals surface area (Å²) in [4.78, 5) is 23.8. The largest absolute Gasteiger partial charge is 0.494 e. The van der Waals surface area contributed by atoms with Crippen LogP contribution in [0.5, 0.6) is 5.75 Å². The number of hydrogen-bond acceptors (Lipinski definition) is 6. The number of aliphatic hydroxyl groups is 1. The quantitative estimate of drug-likeness (QED) is 0.0876. The maximum absolute atomic E-state index is 14.3. The number of rotatable bonds is 12. The van der Waals surface area contributed by atoms with Crippen LogP contribution >= 0.6 is 0 Å². The molecule has 1 aliphatic rings. The summed E-state index contributed by atoms with van der Waals surface area (Å²) < 4.78 is 12.3. The van der Waals surface area contributed by atoms with Crippen molar-refractivity contribution in [1.82, 2.24) is 4.90 Å². The Morgan fingerprint density at radius 1 is 0.932 bits per heavy atom. The SMILES string of the molecule is CN(C)C(=O)[C@]1(Cc2ccccc2CN=[N+]=[N-])N=C(c2ccc(OCCCO)cc2)O[C@@H]1c1ccc(-c2ccccc2)cc1. The molecule has 0 radical (unpaired) electrons. The van der Waals surface area contributed by atoms with Crippen LogP contribution in [-0.4, -0.2) is 54.7 Å². The lowest BCUT2D eigenvalue weighted by Gasteiger charge is -2.33. The molecule has 0 fully saturated rings. The molecule has 0 aromatic heterocycles. The van der Waals surface area contributed by atoms with Crippen LogP contribution in [0.2, 0.25) is 0 Å². The number of carbonyl (C=O) groups excluding carboxylic acids is 1. The van der Waals surface area contributed by atoms with Crippen molar-refractivity contribution in [3.05, 3.63) is 136 Å². The number of aliphatic imine (C=N–C) groups is 1. The van der Waals surface area contributed by atoms with Gasteiger partial charge in [0.15, 0.2) is 11.6 Å². The molecule has 5 rings (SSSR count). The Kier molecular flexibility index (Phi) is 9.59. The molecule has 9 nitrogen and oxygen atoms in total. The second kappa shape index (κ2) is 13.9. The standard InChI is InChI=1S/C35H35N5O4/c1-40(2)34(42)35(23-29-11-6-7-12-30(29)24-37-39-36)32(27-15-13-26(14-16-27)25-9-4-3-5-10-25)44-33(38-35)28-17-19-31(20-18-28)43-22-8-21-41/h3-7,9-20,32,41H,8,21-24H2,1-2H3/t32-,35-/m1/s1. The van der Waals surface area contributed by atoms with Gasteiger partial charge in [0.1, 0.15) is 5.75 Å². The third kappa shape index (κ3) is 6.59. The van der Waals surface area contributed by atoms with Gasteiger partial charge in [0.05, 0.1) is 13.2 Å². The first-order valence-electron chi connectivity index (χ1n) is 14.5. The molecule has 9 heteroatoms. The van der Waals surface area contributed by atoms with E-state index in [1.165, 1.54) is 0 Å². The van der Waals surface area contributed by atoms with Crippen molar-refractivity contribution in [2.45, 2.75) is 31.0 Å². The fraction of sp³-hybridized carbons (Fsp3) is 0.257. The van der Waals surface area contributed by atoms with E-state index in [0.29, 0.717) is 30.2 Å². The Morgan fingerprint density at radius 2 is 1.57 bits per heavy atom. The molecule has 224 valence electrons. The van der Waals surface area contributed by atoms with Crippen molar-refractivity contribution in [3.8, 4) is 16.9 Å². The van der Waals surface area contributed by atoms with Gasteiger partial charge < -0.3 is 19.5 Å². The summed E-state index contributed by atoms with van der Waals surface area (Å²) in [6.07, 6.45) is 0.0433. The van der Waals surface area contributed by atoms with Gasteiger partial charge in [0, 0.05) is 44.0 Å². The average Bonchev–Trinajstić information content (AvgIpc) is 3.45. The molecule has 0 aliphatic carbocycles. The third-order valence-corrected chi connectivity index (χ3v) is 7.62. The van der Waals surface area contributed by atoms with Crippen LogP contribution in [0.1, 0.15) is 34.8 Å². The summed E-state index contributed by atoms with van der Waals surface area (Å²) in [6.45, 7) is 0.624. The van der Waals surface area contributed by atoms with Crippen LogP contribution in [-0.2, 0) is 22.5 Å². The fourth-order valence-electron chi connectivity index (χ4n) is 5.42. The highest BCUT2D eigenvalue weighted by Crippen LogP contribution is 2.44. The van der Waals surface area contributed by atoms with Crippen LogP contribution in [0, 0.1) is 0 Å². The normalized spacial score (nSPS) is 17.2. The van der Waals surface area contributed by atoms with Gasteiger partial charge in [-0.2, -0.15) is 0 Å².